The molecule has 0 bridgehead atoms. The third-order valence-corrected chi connectivity index (χ3v) is 5.22. The van der Waals surface area contributed by atoms with Gasteiger partial charge in [-0.25, -0.2) is 9.37 Å². The van der Waals surface area contributed by atoms with E-state index in [4.69, 9.17) is 9.15 Å². The summed E-state index contributed by atoms with van der Waals surface area (Å²) in [5, 5.41) is 8.51. The number of aromatic nitrogens is 3. The van der Waals surface area contributed by atoms with Crippen LogP contribution in [0.3, 0.4) is 0 Å². The summed E-state index contributed by atoms with van der Waals surface area (Å²) in [4.78, 5) is 16.4. The highest BCUT2D eigenvalue weighted by Crippen LogP contribution is 2.33. The molecule has 0 saturated heterocycles. The van der Waals surface area contributed by atoms with Crippen molar-refractivity contribution in [2.75, 3.05) is 0 Å². The first kappa shape index (κ1) is 20.2. The lowest BCUT2D eigenvalue weighted by Gasteiger charge is -2.18. The van der Waals surface area contributed by atoms with Crippen molar-refractivity contribution in [1.82, 2.24) is 15.2 Å². The van der Waals surface area contributed by atoms with E-state index < -0.39 is 11.6 Å². The number of halogens is 1. The standard InChI is InChI=1S/C22H20FN3O3S/c1-22(2,3)29-19(27)12-17-26-25-16(28-17)11-18-24-15-10-9-14(20(23)21(15)30-18)13-7-5-4-6-8-13/h4-10H,11-12H2,1-3H3. The van der Waals surface area contributed by atoms with Crippen LogP contribution in [0.25, 0.3) is 21.3 Å². The summed E-state index contributed by atoms with van der Waals surface area (Å²) in [7, 11) is 0. The largest absolute Gasteiger partial charge is 0.460 e. The summed E-state index contributed by atoms with van der Waals surface area (Å²) in [6.07, 6.45) is 0.167. The van der Waals surface area contributed by atoms with Gasteiger partial charge >= 0.3 is 5.97 Å². The summed E-state index contributed by atoms with van der Waals surface area (Å²) >= 11 is 1.25. The molecule has 0 N–H and O–H groups in total. The average molecular weight is 425 g/mol. The average Bonchev–Trinajstić information content (AvgIpc) is 3.28. The summed E-state index contributed by atoms with van der Waals surface area (Å²) < 4.78 is 26.3. The number of esters is 1. The number of benzene rings is 2. The van der Waals surface area contributed by atoms with Gasteiger partial charge in [0.1, 0.15) is 22.8 Å². The number of carbonyl (C=O) groups is 1. The second-order valence-electron chi connectivity index (χ2n) is 7.78. The maximum atomic E-state index is 15.1. The maximum absolute atomic E-state index is 15.1. The van der Waals surface area contributed by atoms with Crippen LogP contribution in [0.1, 0.15) is 37.6 Å². The molecule has 2 aromatic heterocycles. The van der Waals surface area contributed by atoms with Crippen molar-refractivity contribution < 1.29 is 18.3 Å². The molecule has 6 nitrogen and oxygen atoms in total. The first-order valence-electron chi connectivity index (χ1n) is 9.45. The quantitative estimate of drug-likeness (QED) is 0.421. The predicted octanol–water partition coefficient (Wildman–Crippen LogP) is 4.96. The molecule has 4 aromatic rings. The highest BCUT2D eigenvalue weighted by atomic mass is 32.1. The third-order valence-electron chi connectivity index (χ3n) is 4.15. The maximum Gasteiger partial charge on any atom is 0.315 e. The van der Waals surface area contributed by atoms with E-state index in [1.807, 2.05) is 36.4 Å². The van der Waals surface area contributed by atoms with Crippen molar-refractivity contribution in [1.29, 1.82) is 0 Å². The summed E-state index contributed by atoms with van der Waals surface area (Å²) in [5.74, 6) is -0.235. The molecule has 30 heavy (non-hydrogen) atoms. The Hall–Kier alpha value is -3.13. The summed E-state index contributed by atoms with van der Waals surface area (Å²) in [5.41, 5.74) is 1.36. The van der Waals surface area contributed by atoms with Gasteiger partial charge < -0.3 is 9.15 Å². The van der Waals surface area contributed by atoms with E-state index in [-0.39, 0.29) is 24.5 Å². The molecule has 0 saturated carbocycles. The molecule has 0 aliphatic rings. The van der Waals surface area contributed by atoms with Crippen LogP contribution in [0.2, 0.25) is 0 Å². The van der Waals surface area contributed by atoms with E-state index in [0.717, 1.165) is 5.56 Å². The van der Waals surface area contributed by atoms with Crippen molar-refractivity contribution in [3.63, 3.8) is 0 Å². The van der Waals surface area contributed by atoms with E-state index in [9.17, 15) is 4.79 Å². The minimum atomic E-state index is -0.580. The van der Waals surface area contributed by atoms with Crippen LogP contribution < -0.4 is 0 Å². The molecule has 8 heteroatoms. The number of hydrogen-bond donors (Lipinski definition) is 0. The van der Waals surface area contributed by atoms with E-state index in [2.05, 4.69) is 15.2 Å². The highest BCUT2D eigenvalue weighted by molar-refractivity contribution is 7.18. The summed E-state index contributed by atoms with van der Waals surface area (Å²) in [6.45, 7) is 5.37. The number of rotatable bonds is 5. The predicted molar refractivity (Wildman–Crippen MR) is 112 cm³/mol. The molecule has 0 amide bonds. The van der Waals surface area contributed by atoms with Crippen molar-refractivity contribution >= 4 is 27.5 Å². The number of thiazole rings is 1. The van der Waals surface area contributed by atoms with Crippen LogP contribution in [-0.4, -0.2) is 26.8 Å². The molecular formula is C22H20FN3O3S. The second-order valence-corrected chi connectivity index (χ2v) is 8.86. The topological polar surface area (TPSA) is 78.1 Å². The molecule has 0 atom stereocenters. The smallest absolute Gasteiger partial charge is 0.315 e. The first-order chi connectivity index (χ1) is 14.3. The molecule has 0 fully saturated rings. The Bertz CT molecular complexity index is 1200. The molecule has 2 heterocycles. The summed E-state index contributed by atoms with van der Waals surface area (Å²) in [6, 6.07) is 12.9. The number of ether oxygens (including phenoxy) is 1. The molecule has 0 aliphatic heterocycles. The van der Waals surface area contributed by atoms with Crippen molar-refractivity contribution in [2.45, 2.75) is 39.2 Å². The zero-order chi connectivity index (χ0) is 21.3. The normalized spacial score (nSPS) is 11.7. The first-order valence-corrected chi connectivity index (χ1v) is 10.3. The van der Waals surface area contributed by atoms with Crippen LogP contribution in [0.15, 0.2) is 46.9 Å². The Balaban J connectivity index is 1.52. The van der Waals surface area contributed by atoms with Crippen molar-refractivity contribution in [3.05, 3.63) is 65.1 Å². The van der Waals surface area contributed by atoms with Crippen LogP contribution in [0.5, 0.6) is 0 Å². The number of nitrogens with zero attached hydrogens (tertiary/aromatic N) is 3. The second kappa shape index (κ2) is 7.95. The minimum Gasteiger partial charge on any atom is -0.460 e. The van der Waals surface area contributed by atoms with Gasteiger partial charge in [0.25, 0.3) is 0 Å². The van der Waals surface area contributed by atoms with Gasteiger partial charge in [-0.2, -0.15) is 0 Å². The number of carbonyl (C=O) groups excluding carboxylic acids is 1. The van der Waals surface area contributed by atoms with Gasteiger partial charge in [0.2, 0.25) is 11.8 Å². The fraction of sp³-hybridized carbons (Fsp3) is 0.273. The van der Waals surface area contributed by atoms with Crippen LogP contribution in [0, 0.1) is 5.82 Å². The van der Waals surface area contributed by atoms with Gasteiger partial charge in [-0.3, -0.25) is 4.79 Å². The molecule has 2 aromatic carbocycles. The van der Waals surface area contributed by atoms with E-state index >= 15 is 4.39 Å². The highest BCUT2D eigenvalue weighted by Gasteiger charge is 2.20. The van der Waals surface area contributed by atoms with Gasteiger partial charge in [-0.1, -0.05) is 30.3 Å². The van der Waals surface area contributed by atoms with E-state index in [0.29, 0.717) is 26.7 Å². The minimum absolute atomic E-state index is 0.0980. The Morgan fingerprint density at radius 3 is 2.57 bits per heavy atom. The van der Waals surface area contributed by atoms with Gasteiger partial charge in [-0.05, 0) is 38.5 Å². The van der Waals surface area contributed by atoms with Crippen molar-refractivity contribution in [2.24, 2.45) is 0 Å². The molecule has 0 aliphatic carbocycles. The van der Waals surface area contributed by atoms with Gasteiger partial charge in [-0.15, -0.1) is 21.5 Å². The lowest BCUT2D eigenvalue weighted by molar-refractivity contribution is -0.154. The molecule has 0 unspecified atom stereocenters. The van der Waals surface area contributed by atoms with Gasteiger partial charge in [0.05, 0.1) is 16.6 Å². The molecule has 0 spiro atoms. The van der Waals surface area contributed by atoms with Crippen LogP contribution in [0.4, 0.5) is 4.39 Å². The van der Waals surface area contributed by atoms with Crippen LogP contribution in [-0.2, 0) is 22.4 Å². The Kier molecular flexibility index (Phi) is 5.34. The lowest BCUT2D eigenvalue weighted by Crippen LogP contribution is -2.24. The number of hydrogen-bond acceptors (Lipinski definition) is 7. The Morgan fingerprint density at radius 1 is 1.10 bits per heavy atom. The van der Waals surface area contributed by atoms with Crippen LogP contribution >= 0.6 is 11.3 Å². The van der Waals surface area contributed by atoms with Crippen molar-refractivity contribution in [3.8, 4) is 11.1 Å². The molecule has 0 radical (unpaired) electrons. The molecule has 154 valence electrons. The third kappa shape index (κ3) is 4.54. The fourth-order valence-corrected chi connectivity index (χ4v) is 3.98. The lowest BCUT2D eigenvalue weighted by atomic mass is 10.1. The Labute approximate surface area is 176 Å². The monoisotopic (exact) mass is 425 g/mol. The molecular weight excluding hydrogens is 405 g/mol. The van der Waals surface area contributed by atoms with Gasteiger partial charge in [0, 0.05) is 5.56 Å². The zero-order valence-electron chi connectivity index (χ0n) is 16.8. The van der Waals surface area contributed by atoms with Gasteiger partial charge in [0.15, 0.2) is 0 Å². The van der Waals surface area contributed by atoms with E-state index in [1.54, 1.807) is 26.8 Å². The zero-order valence-corrected chi connectivity index (χ0v) is 17.6. The fourth-order valence-electron chi connectivity index (χ4n) is 2.98. The SMILES string of the molecule is CC(C)(C)OC(=O)Cc1nnc(Cc2nc3ccc(-c4ccccc4)c(F)c3s2)o1. The van der Waals surface area contributed by atoms with E-state index in [1.165, 1.54) is 11.3 Å². The number of fused-ring (bicyclic) bond motifs is 1. The molecule has 4 rings (SSSR count). The Morgan fingerprint density at radius 2 is 1.83 bits per heavy atom.